The highest BCUT2D eigenvalue weighted by atomic mass is 19.4. The molecule has 256 valence electrons. The van der Waals surface area contributed by atoms with Gasteiger partial charge < -0.3 is 9.47 Å². The Kier molecular flexibility index (Phi) is 14.4. The third kappa shape index (κ3) is 12.9. The Morgan fingerprint density at radius 2 is 1.44 bits per heavy atom. The van der Waals surface area contributed by atoms with Crippen molar-refractivity contribution >= 4 is 12.6 Å². The largest absolute Gasteiger partial charge is 0.522 e. The normalized spacial score (nSPS) is 15.0. The number of rotatable bonds is 14. The second-order valence-electron chi connectivity index (χ2n) is 10.7. The van der Waals surface area contributed by atoms with E-state index in [1.807, 2.05) is 0 Å². The van der Waals surface area contributed by atoms with Crippen LogP contribution in [0.25, 0.3) is 0 Å². The van der Waals surface area contributed by atoms with E-state index in [9.17, 15) is 49.1 Å². The molecular weight excluding hydrogens is 627 g/mol. The first kappa shape index (κ1) is 39.8. The lowest BCUT2D eigenvalue weighted by Gasteiger charge is -2.34. The Morgan fingerprint density at radius 1 is 0.911 bits per heavy atom. The van der Waals surface area contributed by atoms with Crippen LogP contribution < -0.4 is 0 Å². The number of hydrogen-bond acceptors (Lipinski definition) is 6. The Balaban J connectivity index is 3.67. The van der Waals surface area contributed by atoms with Gasteiger partial charge in [0, 0.05) is 24.8 Å². The fourth-order valence-electron chi connectivity index (χ4n) is 4.22. The summed E-state index contributed by atoms with van der Waals surface area (Å²) in [5.41, 5.74) is -3.69. The number of benzene rings is 1. The van der Waals surface area contributed by atoms with Gasteiger partial charge in [-0.1, -0.05) is 26.0 Å². The van der Waals surface area contributed by atoms with Gasteiger partial charge in [0.05, 0.1) is 23.8 Å². The second kappa shape index (κ2) is 16.3. The smallest absolute Gasteiger partial charge is 0.458 e. The van der Waals surface area contributed by atoms with Gasteiger partial charge in [0.25, 0.3) is 6.47 Å². The molecule has 1 aromatic rings. The van der Waals surface area contributed by atoms with Crippen molar-refractivity contribution in [2.75, 3.05) is 26.7 Å². The first-order chi connectivity index (χ1) is 20.5. The van der Waals surface area contributed by atoms with Crippen LogP contribution in [0.2, 0.25) is 0 Å². The van der Waals surface area contributed by atoms with Crippen LogP contribution >= 0.6 is 0 Å². The fraction of sp³-hybridized carbons (Fsp3) is 0.586. The summed E-state index contributed by atoms with van der Waals surface area (Å²) in [7, 11) is 1.36. The Labute approximate surface area is 255 Å². The van der Waals surface area contributed by atoms with E-state index in [1.165, 1.54) is 36.8 Å². The molecule has 0 aliphatic heterocycles. The van der Waals surface area contributed by atoms with Crippen LogP contribution in [-0.2, 0) is 31.4 Å². The summed E-state index contributed by atoms with van der Waals surface area (Å²) >= 11 is 0. The molecule has 0 radical (unpaired) electrons. The van der Waals surface area contributed by atoms with Crippen molar-refractivity contribution < 1.29 is 63.3 Å². The van der Waals surface area contributed by atoms with Crippen molar-refractivity contribution in [1.29, 1.82) is 0 Å². The molecule has 2 atom stereocenters. The third-order valence-electron chi connectivity index (χ3n) is 6.27. The molecule has 16 heteroatoms. The maximum Gasteiger partial charge on any atom is 0.522 e. The van der Waals surface area contributed by atoms with E-state index in [1.54, 1.807) is 27.7 Å². The molecule has 0 N–H and O–H groups in total. The molecular formula is C29H37F9N2O5. The van der Waals surface area contributed by atoms with Gasteiger partial charge in [-0.15, -0.1) is 13.2 Å². The van der Waals surface area contributed by atoms with Crippen LogP contribution in [0.15, 0.2) is 41.6 Å². The fourth-order valence-corrected chi connectivity index (χ4v) is 4.22. The summed E-state index contributed by atoms with van der Waals surface area (Å²) in [6.07, 6.45) is -15.9. The molecule has 1 aromatic carbocycles. The van der Waals surface area contributed by atoms with Crippen LogP contribution in [0.3, 0.4) is 0 Å². The number of carbonyl (C=O) groups excluding carboxylic acids is 2. The average molecular weight is 665 g/mol. The molecule has 0 heterocycles. The number of halogens is 9. The van der Waals surface area contributed by atoms with Crippen molar-refractivity contribution in [3.05, 3.63) is 58.3 Å². The predicted octanol–water partition coefficient (Wildman–Crippen LogP) is 8.13. The molecule has 0 aliphatic rings. The minimum absolute atomic E-state index is 0.0716. The van der Waals surface area contributed by atoms with Crippen molar-refractivity contribution in [3.63, 3.8) is 0 Å². The van der Waals surface area contributed by atoms with Gasteiger partial charge in [-0.25, -0.2) is 4.79 Å². The zero-order chi connectivity index (χ0) is 34.9. The van der Waals surface area contributed by atoms with E-state index < -0.39 is 66.4 Å². The molecule has 2 unspecified atom stereocenters. The molecule has 0 saturated carbocycles. The molecule has 0 spiro atoms. The van der Waals surface area contributed by atoms with E-state index in [4.69, 9.17) is 9.47 Å². The number of hydrogen-bond donors (Lipinski definition) is 0. The highest BCUT2D eigenvalue weighted by Gasteiger charge is 2.39. The molecule has 0 aromatic heterocycles. The summed E-state index contributed by atoms with van der Waals surface area (Å²) in [6, 6.07) is -0.378. The van der Waals surface area contributed by atoms with E-state index >= 15 is 0 Å². The third-order valence-corrected chi connectivity index (χ3v) is 6.27. The summed E-state index contributed by atoms with van der Waals surface area (Å²) < 4.78 is 134. The van der Waals surface area contributed by atoms with Crippen LogP contribution in [-0.4, -0.2) is 67.6 Å². The molecule has 0 aliphatic carbocycles. The highest BCUT2D eigenvalue weighted by Crippen LogP contribution is 2.39. The number of likely N-dealkylation sites (N-methyl/N-ethyl adjacent to an activating group) is 1. The van der Waals surface area contributed by atoms with Crippen LogP contribution in [0.1, 0.15) is 64.3 Å². The van der Waals surface area contributed by atoms with E-state index in [2.05, 4.69) is 4.74 Å². The topological polar surface area (TPSA) is 68.3 Å². The summed E-state index contributed by atoms with van der Waals surface area (Å²) in [5.74, 6) is -0.141. The lowest BCUT2D eigenvalue weighted by Crippen LogP contribution is -2.40. The van der Waals surface area contributed by atoms with E-state index in [-0.39, 0.29) is 42.8 Å². The molecule has 45 heavy (non-hydrogen) atoms. The summed E-state index contributed by atoms with van der Waals surface area (Å²) in [6.45, 7) is 8.19. The van der Waals surface area contributed by atoms with Crippen LogP contribution in [0.4, 0.5) is 44.3 Å². The van der Waals surface area contributed by atoms with Gasteiger partial charge in [0.15, 0.2) is 0 Å². The van der Waals surface area contributed by atoms with Gasteiger partial charge in [-0.2, -0.15) is 26.3 Å². The van der Waals surface area contributed by atoms with Gasteiger partial charge >= 0.3 is 24.8 Å². The number of amides is 1. The average Bonchev–Trinajstić information content (AvgIpc) is 2.88. The number of ether oxygens (including phenoxy) is 3. The van der Waals surface area contributed by atoms with Crippen molar-refractivity contribution in [3.8, 4) is 0 Å². The standard InChI is InChI=1S/C29H37F9N2O5/c1-8-24(40(14-17(2)3)26(42)45-18(4)5)20(9-10-44-29(36,37)38)15-39(7)19(6)25(43-16-41)21-11-22(27(30,31)32)13-23(12-21)28(33,34)35/h8-9,11-13,16-19,25H,10,14-15H2,1-7H3/b20-9-,24-8+. The van der Waals surface area contributed by atoms with Crippen molar-refractivity contribution in [2.24, 2.45) is 5.92 Å². The zero-order valence-electron chi connectivity index (χ0n) is 25.7. The first-order valence-electron chi connectivity index (χ1n) is 13.6. The highest BCUT2D eigenvalue weighted by molar-refractivity contribution is 5.71. The molecule has 7 nitrogen and oxygen atoms in total. The molecule has 0 bridgehead atoms. The zero-order valence-corrected chi connectivity index (χ0v) is 25.7. The molecule has 1 rings (SSSR count). The first-order valence-corrected chi connectivity index (χ1v) is 13.6. The van der Waals surface area contributed by atoms with E-state index in [0.717, 1.165) is 6.08 Å². The lowest BCUT2D eigenvalue weighted by atomic mass is 9.96. The SMILES string of the molecule is C/C=C(\C(=C/COC(F)(F)F)CN(C)C(C)C(OC=O)c1cc(C(F)(F)F)cc(C(F)(F)F)c1)N(CC(C)C)C(=O)OC(C)C. The second-order valence-corrected chi connectivity index (χ2v) is 10.7. The molecule has 1 amide bonds. The summed E-state index contributed by atoms with van der Waals surface area (Å²) in [4.78, 5) is 26.9. The minimum atomic E-state index is -5.17. The van der Waals surface area contributed by atoms with Crippen LogP contribution in [0, 0.1) is 5.92 Å². The Hall–Kier alpha value is -3.27. The lowest BCUT2D eigenvalue weighted by molar-refractivity contribution is -0.319. The van der Waals surface area contributed by atoms with E-state index in [0.29, 0.717) is 12.1 Å². The van der Waals surface area contributed by atoms with Crippen LogP contribution in [0.5, 0.6) is 0 Å². The number of alkyl halides is 9. The maximum absolute atomic E-state index is 13.5. The van der Waals surface area contributed by atoms with Gasteiger partial charge in [0.1, 0.15) is 6.10 Å². The minimum Gasteiger partial charge on any atom is -0.458 e. The van der Waals surface area contributed by atoms with Gasteiger partial charge in [0.2, 0.25) is 0 Å². The maximum atomic E-state index is 13.5. The van der Waals surface area contributed by atoms with Gasteiger partial charge in [-0.05, 0) is 70.0 Å². The Morgan fingerprint density at radius 3 is 1.84 bits per heavy atom. The predicted molar refractivity (Wildman–Crippen MR) is 145 cm³/mol. The Bertz CT molecular complexity index is 1160. The van der Waals surface area contributed by atoms with Crippen molar-refractivity contribution in [1.82, 2.24) is 9.80 Å². The quantitative estimate of drug-likeness (QED) is 0.114. The molecule has 0 fully saturated rings. The monoisotopic (exact) mass is 664 g/mol. The number of nitrogens with zero attached hydrogens (tertiary/aromatic N) is 2. The van der Waals surface area contributed by atoms with Gasteiger partial charge in [-0.3, -0.25) is 19.3 Å². The summed E-state index contributed by atoms with van der Waals surface area (Å²) in [5, 5.41) is 0. The number of carbonyl (C=O) groups is 2. The van der Waals surface area contributed by atoms with Crippen molar-refractivity contribution in [2.45, 2.75) is 78.5 Å². The molecule has 0 saturated heterocycles. The number of allylic oxidation sites excluding steroid dienone is 1.